The van der Waals surface area contributed by atoms with Crippen molar-refractivity contribution in [2.45, 2.75) is 6.54 Å². The van der Waals surface area contributed by atoms with Crippen LogP contribution in [-0.2, 0) is 6.54 Å². The predicted molar refractivity (Wildman–Crippen MR) is 96.5 cm³/mol. The summed E-state index contributed by atoms with van der Waals surface area (Å²) in [6, 6.07) is 17.0. The Hall–Kier alpha value is -2.63. The number of rotatable bonds is 4. The van der Waals surface area contributed by atoms with E-state index in [2.05, 4.69) is 15.5 Å². The van der Waals surface area contributed by atoms with E-state index < -0.39 is 0 Å². The third-order valence-corrected chi connectivity index (χ3v) is 4.24. The molecular weight excluding hydrogens is 359 g/mol. The summed E-state index contributed by atoms with van der Waals surface area (Å²) >= 11 is 12.1. The Morgan fingerprint density at radius 3 is 2.60 bits per heavy atom. The highest BCUT2D eigenvalue weighted by atomic mass is 35.5. The highest BCUT2D eigenvalue weighted by Gasteiger charge is 2.12. The Labute approximate surface area is 153 Å². The zero-order valence-corrected chi connectivity index (χ0v) is 14.4. The molecule has 0 saturated carbocycles. The number of nitrogens with zero attached hydrogens (tertiary/aromatic N) is 4. The normalized spacial score (nSPS) is 11.0. The number of benzene rings is 2. The van der Waals surface area contributed by atoms with E-state index in [0.29, 0.717) is 28.0 Å². The summed E-state index contributed by atoms with van der Waals surface area (Å²) < 4.78 is 7.10. The summed E-state index contributed by atoms with van der Waals surface area (Å²) in [5.41, 5.74) is 3.24. The maximum atomic E-state index is 6.21. The van der Waals surface area contributed by atoms with E-state index in [4.69, 9.17) is 27.7 Å². The van der Waals surface area contributed by atoms with Gasteiger partial charge in [0.15, 0.2) is 5.76 Å². The molecule has 7 heteroatoms. The SMILES string of the molecule is Clc1ccc(-c2cc(Cn3cc(-c4ccccc4)nn3)on2)c(Cl)c1. The minimum absolute atomic E-state index is 0.429. The van der Waals surface area contributed by atoms with Crippen molar-refractivity contribution >= 4 is 23.2 Å². The van der Waals surface area contributed by atoms with Crippen LogP contribution in [0.3, 0.4) is 0 Å². The van der Waals surface area contributed by atoms with E-state index in [1.54, 1.807) is 16.8 Å². The second kappa shape index (κ2) is 6.70. The summed E-state index contributed by atoms with van der Waals surface area (Å²) in [6.07, 6.45) is 1.87. The monoisotopic (exact) mass is 370 g/mol. The summed E-state index contributed by atoms with van der Waals surface area (Å²) in [5.74, 6) is 0.658. The molecule has 0 bridgehead atoms. The minimum Gasteiger partial charge on any atom is -0.359 e. The smallest absolute Gasteiger partial charge is 0.158 e. The van der Waals surface area contributed by atoms with Crippen LogP contribution in [-0.4, -0.2) is 20.2 Å². The van der Waals surface area contributed by atoms with Crippen LogP contribution in [0.25, 0.3) is 22.5 Å². The van der Waals surface area contributed by atoms with Crippen molar-refractivity contribution in [2.75, 3.05) is 0 Å². The Kier molecular flexibility index (Phi) is 4.26. The van der Waals surface area contributed by atoms with Crippen LogP contribution >= 0.6 is 23.2 Å². The first-order chi connectivity index (χ1) is 12.2. The zero-order chi connectivity index (χ0) is 17.2. The van der Waals surface area contributed by atoms with Gasteiger partial charge in [-0.05, 0) is 18.2 Å². The van der Waals surface area contributed by atoms with Crippen molar-refractivity contribution < 1.29 is 4.52 Å². The molecule has 0 amide bonds. The molecular formula is C18H12Cl2N4O. The largest absolute Gasteiger partial charge is 0.359 e. The lowest BCUT2D eigenvalue weighted by Gasteiger charge is -1.99. The van der Waals surface area contributed by atoms with Crippen LogP contribution in [0.1, 0.15) is 5.76 Å². The van der Waals surface area contributed by atoms with Crippen LogP contribution in [0, 0.1) is 0 Å². The van der Waals surface area contributed by atoms with Crippen LogP contribution in [0.2, 0.25) is 10.0 Å². The molecule has 0 N–H and O–H groups in total. The van der Waals surface area contributed by atoms with E-state index in [9.17, 15) is 0 Å². The number of halogens is 2. The van der Waals surface area contributed by atoms with Crippen molar-refractivity contribution in [3.8, 4) is 22.5 Å². The van der Waals surface area contributed by atoms with Gasteiger partial charge in [0.2, 0.25) is 0 Å². The molecule has 0 aliphatic heterocycles. The average molecular weight is 371 g/mol. The van der Waals surface area contributed by atoms with Gasteiger partial charge in [-0.25, -0.2) is 4.68 Å². The van der Waals surface area contributed by atoms with Gasteiger partial charge in [0.1, 0.15) is 17.9 Å². The maximum absolute atomic E-state index is 6.21. The van der Waals surface area contributed by atoms with Crippen LogP contribution in [0.4, 0.5) is 0 Å². The van der Waals surface area contributed by atoms with Crippen molar-refractivity contribution in [1.29, 1.82) is 0 Å². The molecule has 0 atom stereocenters. The number of hydrogen-bond acceptors (Lipinski definition) is 4. The standard InChI is InChI=1S/C18H12Cl2N4O/c19-13-6-7-15(16(20)8-13)17-9-14(25-22-17)10-24-11-18(21-23-24)12-4-2-1-3-5-12/h1-9,11H,10H2. The van der Waals surface area contributed by atoms with Crippen molar-refractivity contribution in [3.63, 3.8) is 0 Å². The Morgan fingerprint density at radius 2 is 1.80 bits per heavy atom. The molecule has 124 valence electrons. The Morgan fingerprint density at radius 1 is 0.960 bits per heavy atom. The quantitative estimate of drug-likeness (QED) is 0.509. The molecule has 2 heterocycles. The molecule has 0 radical (unpaired) electrons. The molecule has 0 aliphatic carbocycles. The highest BCUT2D eigenvalue weighted by molar-refractivity contribution is 6.36. The van der Waals surface area contributed by atoms with Gasteiger partial charge in [-0.15, -0.1) is 5.10 Å². The molecule has 2 aromatic heterocycles. The lowest BCUT2D eigenvalue weighted by molar-refractivity contribution is 0.372. The molecule has 25 heavy (non-hydrogen) atoms. The fourth-order valence-corrected chi connectivity index (χ4v) is 2.99. The molecule has 0 aliphatic rings. The van der Waals surface area contributed by atoms with Crippen molar-refractivity contribution in [3.05, 3.63) is 76.6 Å². The van der Waals surface area contributed by atoms with Gasteiger partial charge < -0.3 is 4.52 Å². The van der Waals surface area contributed by atoms with Gasteiger partial charge in [-0.2, -0.15) is 0 Å². The van der Waals surface area contributed by atoms with Gasteiger partial charge in [0, 0.05) is 22.2 Å². The predicted octanol–water partition coefficient (Wildman–Crippen LogP) is 4.96. The topological polar surface area (TPSA) is 56.7 Å². The van der Waals surface area contributed by atoms with E-state index in [-0.39, 0.29) is 0 Å². The maximum Gasteiger partial charge on any atom is 0.158 e. The number of hydrogen-bond donors (Lipinski definition) is 0. The fraction of sp³-hybridized carbons (Fsp3) is 0.0556. The molecule has 4 rings (SSSR count). The molecule has 0 unspecified atom stereocenters. The first-order valence-corrected chi connectivity index (χ1v) is 8.31. The first-order valence-electron chi connectivity index (χ1n) is 7.55. The summed E-state index contributed by atoms with van der Waals surface area (Å²) in [5, 5.41) is 13.5. The molecule has 0 fully saturated rings. The lowest BCUT2D eigenvalue weighted by Crippen LogP contribution is -1.98. The second-order valence-electron chi connectivity index (χ2n) is 5.47. The van der Waals surface area contributed by atoms with Gasteiger partial charge in [-0.3, -0.25) is 0 Å². The van der Waals surface area contributed by atoms with Crippen molar-refractivity contribution in [1.82, 2.24) is 20.2 Å². The van der Waals surface area contributed by atoms with Crippen molar-refractivity contribution in [2.24, 2.45) is 0 Å². The van der Waals surface area contributed by atoms with Crippen LogP contribution in [0.15, 0.2) is 65.3 Å². The van der Waals surface area contributed by atoms with Gasteiger partial charge in [-0.1, -0.05) is 63.9 Å². The number of aromatic nitrogens is 4. The summed E-state index contributed by atoms with van der Waals surface area (Å²) in [6.45, 7) is 0.429. The molecule has 0 spiro atoms. The average Bonchev–Trinajstić information content (AvgIpc) is 3.26. The third-order valence-electron chi connectivity index (χ3n) is 3.69. The Bertz CT molecular complexity index is 1010. The Balaban J connectivity index is 1.55. The minimum atomic E-state index is 0.429. The van der Waals surface area contributed by atoms with E-state index in [0.717, 1.165) is 16.8 Å². The zero-order valence-electron chi connectivity index (χ0n) is 12.9. The molecule has 2 aromatic carbocycles. The summed E-state index contributed by atoms with van der Waals surface area (Å²) in [4.78, 5) is 0. The van der Waals surface area contributed by atoms with E-state index in [1.165, 1.54) is 0 Å². The van der Waals surface area contributed by atoms with E-state index >= 15 is 0 Å². The van der Waals surface area contributed by atoms with Crippen LogP contribution < -0.4 is 0 Å². The third kappa shape index (κ3) is 3.43. The van der Waals surface area contributed by atoms with Gasteiger partial charge in [0.05, 0.1) is 11.2 Å². The molecule has 5 nitrogen and oxygen atoms in total. The highest BCUT2D eigenvalue weighted by Crippen LogP contribution is 2.30. The summed E-state index contributed by atoms with van der Waals surface area (Å²) in [7, 11) is 0. The van der Waals surface area contributed by atoms with Gasteiger partial charge >= 0.3 is 0 Å². The molecule has 0 saturated heterocycles. The molecule has 4 aromatic rings. The first kappa shape index (κ1) is 15.9. The second-order valence-corrected chi connectivity index (χ2v) is 6.31. The van der Waals surface area contributed by atoms with E-state index in [1.807, 2.05) is 48.7 Å². The van der Waals surface area contributed by atoms with Gasteiger partial charge in [0.25, 0.3) is 0 Å². The lowest BCUT2D eigenvalue weighted by atomic mass is 10.1. The fourth-order valence-electron chi connectivity index (χ4n) is 2.49. The van der Waals surface area contributed by atoms with Crippen LogP contribution in [0.5, 0.6) is 0 Å².